The van der Waals surface area contributed by atoms with Gasteiger partial charge in [0.1, 0.15) is 0 Å². The zero-order valence-electron chi connectivity index (χ0n) is 11.0. The number of allylic oxidation sites excluding steroid dienone is 8. The third kappa shape index (κ3) is 6.12. The van der Waals surface area contributed by atoms with E-state index in [1.807, 2.05) is 24.4 Å². The standard InChI is InChI=1S/C7H5N.C5H5.C3H6.2ClH.Zr/c1-2-6-4-5-8-7(6)3-1;1-2-4-5-3-1;1-3-2;;;/h1-5H;1-3H,4H2;1-2H3;2*1H;/q;;;;;+2/p-2. The van der Waals surface area contributed by atoms with E-state index in [9.17, 15) is 0 Å². The molecule has 0 aromatic rings. The van der Waals surface area contributed by atoms with Gasteiger partial charge >= 0.3 is 67.7 Å². The van der Waals surface area contributed by atoms with Crippen molar-refractivity contribution in [3.63, 3.8) is 0 Å². The summed E-state index contributed by atoms with van der Waals surface area (Å²) in [5, 5.41) is 0. The van der Waals surface area contributed by atoms with E-state index in [4.69, 9.17) is 0 Å². The van der Waals surface area contributed by atoms with Crippen LogP contribution in [0.5, 0.6) is 0 Å². The minimum absolute atomic E-state index is 0. The van der Waals surface area contributed by atoms with Gasteiger partial charge in [-0.15, -0.1) is 0 Å². The van der Waals surface area contributed by atoms with E-state index in [0.29, 0.717) is 0 Å². The molecule has 19 heavy (non-hydrogen) atoms. The van der Waals surface area contributed by atoms with Crippen LogP contribution in [-0.2, 0) is 22.8 Å². The summed E-state index contributed by atoms with van der Waals surface area (Å²) in [5.74, 6) is 0. The SMILES string of the molecule is C1=CC2=CC=NC2=C1.C[C](C)=[Zr+2][C]1=CC=CC1.[Cl-].[Cl-]. The summed E-state index contributed by atoms with van der Waals surface area (Å²) in [5.41, 5.74) is 2.34. The number of hydrogen-bond donors (Lipinski definition) is 0. The van der Waals surface area contributed by atoms with Crippen LogP contribution in [0.25, 0.3) is 0 Å². The first kappa shape index (κ1) is 18.7. The minimum atomic E-state index is -0.220. The van der Waals surface area contributed by atoms with Crippen LogP contribution in [0.15, 0.2) is 62.1 Å². The number of hydrogen-bond acceptors (Lipinski definition) is 1. The molecule has 0 spiro atoms. The summed E-state index contributed by atoms with van der Waals surface area (Å²) in [6.07, 6.45) is 17.9. The Kier molecular flexibility index (Phi) is 9.43. The Morgan fingerprint density at radius 3 is 2.47 bits per heavy atom. The van der Waals surface area contributed by atoms with E-state index >= 15 is 0 Å². The molecule has 99 valence electrons. The first-order valence-electron chi connectivity index (χ1n) is 5.81. The first-order chi connectivity index (χ1) is 8.25. The van der Waals surface area contributed by atoms with Crippen molar-refractivity contribution in [2.45, 2.75) is 20.3 Å². The van der Waals surface area contributed by atoms with E-state index < -0.39 is 0 Å². The average molecular weight is 372 g/mol. The van der Waals surface area contributed by atoms with Crippen LogP contribution in [0.4, 0.5) is 0 Å². The molecule has 1 aliphatic heterocycles. The maximum Gasteiger partial charge on any atom is -1.00 e. The van der Waals surface area contributed by atoms with Crippen LogP contribution in [0, 0.1) is 0 Å². The van der Waals surface area contributed by atoms with Gasteiger partial charge in [-0.25, -0.2) is 0 Å². The smallest absolute Gasteiger partial charge is 1.00 e. The van der Waals surface area contributed by atoms with E-state index in [-0.39, 0.29) is 47.6 Å². The van der Waals surface area contributed by atoms with Crippen LogP contribution in [0.3, 0.4) is 0 Å². The Labute approximate surface area is 138 Å². The molecule has 0 saturated carbocycles. The molecule has 1 heterocycles. The fourth-order valence-corrected chi connectivity index (χ4v) is 4.30. The average Bonchev–Trinajstić information content (AvgIpc) is 2.91. The largest absolute Gasteiger partial charge is 1.00 e. The van der Waals surface area contributed by atoms with Crippen LogP contribution in [-0.4, -0.2) is 9.42 Å². The van der Waals surface area contributed by atoms with Crippen molar-refractivity contribution in [2.24, 2.45) is 4.99 Å². The zero-order chi connectivity index (χ0) is 12.1. The van der Waals surface area contributed by atoms with Gasteiger partial charge in [0.15, 0.2) is 0 Å². The van der Waals surface area contributed by atoms with Crippen LogP contribution >= 0.6 is 0 Å². The van der Waals surface area contributed by atoms with Crippen molar-refractivity contribution in [3.8, 4) is 0 Å². The molecule has 1 nitrogen and oxygen atoms in total. The number of nitrogens with zero attached hydrogens (tertiary/aromatic N) is 1. The summed E-state index contributed by atoms with van der Waals surface area (Å²) >= 11 is -0.220. The van der Waals surface area contributed by atoms with Crippen LogP contribution in [0.1, 0.15) is 20.3 Å². The van der Waals surface area contributed by atoms with Gasteiger partial charge in [-0.1, -0.05) is 12.2 Å². The molecular formula is C15H16Cl2NZr. The molecule has 2 aliphatic carbocycles. The van der Waals surface area contributed by atoms with Crippen molar-refractivity contribution >= 4 is 9.42 Å². The predicted molar refractivity (Wildman–Crippen MR) is 72.0 cm³/mol. The van der Waals surface area contributed by atoms with E-state index in [0.717, 1.165) is 5.70 Å². The summed E-state index contributed by atoms with van der Waals surface area (Å²) in [4.78, 5) is 4.08. The second-order valence-corrected chi connectivity index (χ2v) is 8.91. The molecule has 0 aromatic heterocycles. The summed E-state index contributed by atoms with van der Waals surface area (Å²) in [7, 11) is 0. The topological polar surface area (TPSA) is 12.4 Å². The molecule has 4 heteroatoms. The molecule has 3 rings (SSSR count). The monoisotopic (exact) mass is 370 g/mol. The quantitative estimate of drug-likeness (QED) is 0.486. The van der Waals surface area contributed by atoms with Gasteiger partial charge in [0.05, 0.1) is 5.70 Å². The minimum Gasteiger partial charge on any atom is -1.00 e. The van der Waals surface area contributed by atoms with Gasteiger partial charge in [0.25, 0.3) is 0 Å². The fraction of sp³-hybridized carbons (Fsp3) is 0.200. The van der Waals surface area contributed by atoms with Crippen molar-refractivity contribution in [3.05, 3.63) is 57.1 Å². The number of fused-ring (bicyclic) bond motifs is 1. The van der Waals surface area contributed by atoms with Gasteiger partial charge in [0.2, 0.25) is 0 Å². The molecule has 3 aliphatic rings. The normalized spacial score (nSPS) is 16.0. The molecule has 0 unspecified atom stereocenters. The number of halogens is 2. The zero-order valence-corrected chi connectivity index (χ0v) is 15.0. The first-order valence-corrected chi connectivity index (χ1v) is 8.27. The second-order valence-electron chi connectivity index (χ2n) is 4.26. The molecular weight excluding hydrogens is 356 g/mol. The molecule has 0 saturated heterocycles. The van der Waals surface area contributed by atoms with Crippen molar-refractivity contribution < 1.29 is 47.6 Å². The Hall–Kier alpha value is -0.297. The number of aliphatic imine (C=N–C) groups is 1. The van der Waals surface area contributed by atoms with Gasteiger partial charge in [-0.2, -0.15) is 0 Å². The Balaban J connectivity index is 0.000000309. The predicted octanol–water partition coefficient (Wildman–Crippen LogP) is -2.42. The van der Waals surface area contributed by atoms with Gasteiger partial charge in [0, 0.05) is 11.8 Å². The maximum absolute atomic E-state index is 4.08. The van der Waals surface area contributed by atoms with Crippen molar-refractivity contribution in [1.29, 1.82) is 0 Å². The third-order valence-electron chi connectivity index (χ3n) is 2.48. The summed E-state index contributed by atoms with van der Waals surface area (Å²) in [6, 6.07) is 0. The summed E-state index contributed by atoms with van der Waals surface area (Å²) < 4.78 is 3.40. The molecule has 0 fully saturated rings. The summed E-state index contributed by atoms with van der Waals surface area (Å²) in [6.45, 7) is 4.51. The fourth-order valence-electron chi connectivity index (χ4n) is 1.74. The van der Waals surface area contributed by atoms with E-state index in [1.54, 1.807) is 6.49 Å². The Morgan fingerprint density at radius 2 is 1.89 bits per heavy atom. The second kappa shape index (κ2) is 9.58. The van der Waals surface area contributed by atoms with Gasteiger partial charge < -0.3 is 24.8 Å². The van der Waals surface area contributed by atoms with Crippen LogP contribution in [0.2, 0.25) is 0 Å². The van der Waals surface area contributed by atoms with Gasteiger partial charge in [-0.3, -0.25) is 4.99 Å². The Bertz CT molecular complexity index is 490. The molecule has 0 aromatic carbocycles. The van der Waals surface area contributed by atoms with Crippen molar-refractivity contribution in [1.82, 2.24) is 0 Å². The van der Waals surface area contributed by atoms with E-state index in [1.165, 1.54) is 12.0 Å². The third-order valence-corrected chi connectivity index (χ3v) is 5.40. The molecule has 0 amide bonds. The molecule has 0 atom stereocenters. The maximum atomic E-state index is 4.08. The van der Waals surface area contributed by atoms with Crippen LogP contribution < -0.4 is 24.8 Å². The Morgan fingerprint density at radius 1 is 1.11 bits per heavy atom. The van der Waals surface area contributed by atoms with Crippen molar-refractivity contribution in [2.75, 3.05) is 0 Å². The number of rotatable bonds is 1. The van der Waals surface area contributed by atoms with E-state index in [2.05, 4.69) is 43.1 Å². The molecule has 0 radical (unpaired) electrons. The molecule has 0 N–H and O–H groups in total. The molecule has 0 bridgehead atoms. The van der Waals surface area contributed by atoms with Gasteiger partial charge in [-0.05, 0) is 12.2 Å².